The minimum Gasteiger partial charge on any atom is -0.372 e. The number of alkyl halides is 2. The smallest absolute Gasteiger partial charge is 0.288 e. The maximum atomic E-state index is 14.6. The van der Waals surface area contributed by atoms with Gasteiger partial charge in [-0.25, -0.2) is 8.78 Å². The Balaban J connectivity index is 2.03. The first-order chi connectivity index (χ1) is 10.3. The van der Waals surface area contributed by atoms with E-state index in [4.69, 9.17) is 4.74 Å². The van der Waals surface area contributed by atoms with Gasteiger partial charge in [0, 0.05) is 7.11 Å². The lowest BCUT2D eigenvalue weighted by Crippen LogP contribution is -2.53. The fourth-order valence-corrected chi connectivity index (χ4v) is 3.19. The summed E-state index contributed by atoms with van der Waals surface area (Å²) >= 11 is 0. The number of methoxy groups -OCH3 is 1. The second-order valence-electron chi connectivity index (χ2n) is 6.07. The number of rotatable bonds is 7. The van der Waals surface area contributed by atoms with Crippen molar-refractivity contribution in [3.63, 3.8) is 0 Å². The topological polar surface area (TPSA) is 52.0 Å². The number of hydrogen-bond acceptors (Lipinski definition) is 4. The maximum absolute atomic E-state index is 14.6. The molecule has 2 rings (SSSR count). The molecule has 1 N–H and O–H groups in total. The number of hydrogen-bond donors (Lipinski definition) is 1. The van der Waals surface area contributed by atoms with Crippen molar-refractivity contribution in [2.45, 2.75) is 70.6 Å². The summed E-state index contributed by atoms with van der Waals surface area (Å²) in [6.07, 6.45) is 2.42. The zero-order valence-corrected chi connectivity index (χ0v) is 13.8. The standard InChI is InChI=1S/C15H26F2N4O/c1-5-21-19-12(3)13(20-21)11(2)18-10-15(16,17)14(22-4)8-6-7-9-14/h11,18H,5-10H2,1-4H3. The summed E-state index contributed by atoms with van der Waals surface area (Å²) in [7, 11) is 1.39. The Morgan fingerprint density at radius 3 is 2.50 bits per heavy atom. The lowest BCUT2D eigenvalue weighted by molar-refractivity contribution is -0.191. The van der Waals surface area contributed by atoms with Gasteiger partial charge in [-0.15, -0.1) is 0 Å². The van der Waals surface area contributed by atoms with E-state index in [-0.39, 0.29) is 6.04 Å². The largest absolute Gasteiger partial charge is 0.372 e. The van der Waals surface area contributed by atoms with Crippen molar-refractivity contribution in [2.75, 3.05) is 13.7 Å². The Labute approximate surface area is 130 Å². The highest BCUT2D eigenvalue weighted by molar-refractivity contribution is 5.11. The van der Waals surface area contributed by atoms with E-state index in [1.807, 2.05) is 20.8 Å². The molecule has 22 heavy (non-hydrogen) atoms. The minimum atomic E-state index is -2.90. The molecule has 1 heterocycles. The molecule has 7 heteroatoms. The molecule has 0 amide bonds. The molecule has 1 aromatic rings. The molecule has 1 fully saturated rings. The Morgan fingerprint density at radius 2 is 2.00 bits per heavy atom. The van der Waals surface area contributed by atoms with Crippen molar-refractivity contribution in [3.05, 3.63) is 11.4 Å². The average molecular weight is 316 g/mol. The van der Waals surface area contributed by atoms with Crippen molar-refractivity contribution in [1.82, 2.24) is 20.3 Å². The molecule has 1 aliphatic carbocycles. The van der Waals surface area contributed by atoms with Crippen LogP contribution in [0.3, 0.4) is 0 Å². The number of halogens is 2. The van der Waals surface area contributed by atoms with Crippen LogP contribution in [0.4, 0.5) is 8.78 Å². The molecule has 1 aromatic heterocycles. The van der Waals surface area contributed by atoms with E-state index >= 15 is 0 Å². The van der Waals surface area contributed by atoms with Gasteiger partial charge in [-0.2, -0.15) is 15.0 Å². The van der Waals surface area contributed by atoms with Crippen LogP contribution in [0.2, 0.25) is 0 Å². The molecule has 0 radical (unpaired) electrons. The monoisotopic (exact) mass is 316 g/mol. The molecular weight excluding hydrogens is 290 g/mol. The third-order valence-electron chi connectivity index (χ3n) is 4.65. The van der Waals surface area contributed by atoms with Gasteiger partial charge < -0.3 is 10.1 Å². The number of ether oxygens (including phenoxy) is 1. The van der Waals surface area contributed by atoms with Gasteiger partial charge in [-0.3, -0.25) is 0 Å². The van der Waals surface area contributed by atoms with Crippen molar-refractivity contribution in [2.24, 2.45) is 0 Å². The van der Waals surface area contributed by atoms with Crippen LogP contribution in [-0.2, 0) is 11.3 Å². The number of aromatic nitrogens is 3. The molecule has 126 valence electrons. The van der Waals surface area contributed by atoms with Crippen molar-refractivity contribution >= 4 is 0 Å². The summed E-state index contributed by atoms with van der Waals surface area (Å²) < 4.78 is 34.4. The molecule has 5 nitrogen and oxygen atoms in total. The van der Waals surface area contributed by atoms with Crippen molar-refractivity contribution < 1.29 is 13.5 Å². The molecule has 0 aliphatic heterocycles. The van der Waals surface area contributed by atoms with E-state index in [1.54, 1.807) is 4.80 Å². The van der Waals surface area contributed by atoms with E-state index < -0.39 is 18.1 Å². The van der Waals surface area contributed by atoms with Gasteiger partial charge >= 0.3 is 0 Å². The number of nitrogens with zero attached hydrogens (tertiary/aromatic N) is 3. The average Bonchev–Trinajstić information content (AvgIpc) is 3.12. The van der Waals surface area contributed by atoms with E-state index in [0.29, 0.717) is 19.4 Å². The summed E-state index contributed by atoms with van der Waals surface area (Å²) in [5.74, 6) is -2.90. The summed E-state index contributed by atoms with van der Waals surface area (Å²) in [5.41, 5.74) is 0.165. The summed E-state index contributed by atoms with van der Waals surface area (Å²) in [6, 6.07) is -0.276. The third-order valence-corrected chi connectivity index (χ3v) is 4.65. The normalized spacial score (nSPS) is 19.5. The third kappa shape index (κ3) is 3.15. The SMILES string of the molecule is CCn1nc(C)c(C(C)NCC(F)(F)C2(OC)CCCC2)n1. The van der Waals surface area contributed by atoms with Crippen molar-refractivity contribution in [3.8, 4) is 0 Å². The van der Waals surface area contributed by atoms with E-state index in [9.17, 15) is 8.78 Å². The predicted molar refractivity (Wildman–Crippen MR) is 80.0 cm³/mol. The van der Waals surface area contributed by atoms with Gasteiger partial charge in [0.15, 0.2) is 0 Å². The molecule has 0 bridgehead atoms. The molecule has 0 saturated heterocycles. The Kier molecular flexibility index (Phi) is 5.17. The van der Waals surface area contributed by atoms with Crippen LogP contribution < -0.4 is 5.32 Å². The molecular formula is C15H26F2N4O. The highest BCUT2D eigenvalue weighted by Crippen LogP contribution is 2.44. The Hall–Kier alpha value is -1.08. The predicted octanol–water partition coefficient (Wildman–Crippen LogP) is 2.85. The van der Waals surface area contributed by atoms with Crippen LogP contribution in [0.25, 0.3) is 0 Å². The lowest BCUT2D eigenvalue weighted by atomic mass is 9.93. The molecule has 1 atom stereocenters. The molecule has 0 spiro atoms. The van der Waals surface area contributed by atoms with Gasteiger partial charge in [0.05, 0.1) is 24.8 Å². The van der Waals surface area contributed by atoms with Crippen molar-refractivity contribution in [1.29, 1.82) is 0 Å². The van der Waals surface area contributed by atoms with E-state index in [2.05, 4.69) is 15.5 Å². The van der Waals surface area contributed by atoms with Gasteiger partial charge in [0.2, 0.25) is 0 Å². The highest BCUT2D eigenvalue weighted by atomic mass is 19.3. The van der Waals surface area contributed by atoms with E-state index in [1.165, 1.54) is 7.11 Å². The Bertz CT molecular complexity index is 498. The first kappa shape index (κ1) is 17.3. The zero-order chi connectivity index (χ0) is 16.4. The van der Waals surface area contributed by atoms with Crippen LogP contribution in [0.1, 0.15) is 57.0 Å². The van der Waals surface area contributed by atoms with Crippen LogP contribution in [-0.4, -0.2) is 40.2 Å². The lowest BCUT2D eigenvalue weighted by Gasteiger charge is -2.36. The number of aryl methyl sites for hydroxylation is 2. The fraction of sp³-hybridized carbons (Fsp3) is 0.867. The summed E-state index contributed by atoms with van der Waals surface area (Å²) in [4.78, 5) is 1.58. The van der Waals surface area contributed by atoms with Gasteiger partial charge in [0.25, 0.3) is 5.92 Å². The second kappa shape index (κ2) is 6.58. The zero-order valence-electron chi connectivity index (χ0n) is 13.8. The molecule has 1 aliphatic rings. The van der Waals surface area contributed by atoms with Crippen LogP contribution in [0.15, 0.2) is 0 Å². The molecule has 1 saturated carbocycles. The molecule has 0 aromatic carbocycles. The van der Waals surface area contributed by atoms with E-state index in [0.717, 1.165) is 24.2 Å². The summed E-state index contributed by atoms with van der Waals surface area (Å²) in [6.45, 7) is 5.87. The Morgan fingerprint density at radius 1 is 1.36 bits per heavy atom. The van der Waals surface area contributed by atoms with Gasteiger partial charge in [-0.05, 0) is 33.6 Å². The summed E-state index contributed by atoms with van der Waals surface area (Å²) in [5, 5.41) is 11.5. The second-order valence-corrected chi connectivity index (χ2v) is 6.07. The van der Waals surface area contributed by atoms with Gasteiger partial charge in [0.1, 0.15) is 11.3 Å². The highest BCUT2D eigenvalue weighted by Gasteiger charge is 2.55. The van der Waals surface area contributed by atoms with Crippen LogP contribution in [0, 0.1) is 6.92 Å². The quantitative estimate of drug-likeness (QED) is 0.840. The van der Waals surface area contributed by atoms with Crippen LogP contribution >= 0.6 is 0 Å². The number of nitrogens with one attached hydrogen (secondary N) is 1. The maximum Gasteiger partial charge on any atom is 0.288 e. The minimum absolute atomic E-state index is 0.276. The first-order valence-corrected chi connectivity index (χ1v) is 7.93. The molecule has 1 unspecified atom stereocenters. The first-order valence-electron chi connectivity index (χ1n) is 7.93. The fourth-order valence-electron chi connectivity index (χ4n) is 3.19. The van der Waals surface area contributed by atoms with Gasteiger partial charge in [-0.1, -0.05) is 12.8 Å². The van der Waals surface area contributed by atoms with Crippen LogP contribution in [0.5, 0.6) is 0 Å².